The number of rotatable bonds is 6. The van der Waals surface area contributed by atoms with E-state index in [1.165, 1.54) is 25.7 Å². The van der Waals surface area contributed by atoms with Crippen LogP contribution in [0.15, 0.2) is 23.6 Å². The molecule has 25 heavy (non-hydrogen) atoms. The first-order chi connectivity index (χ1) is 12.0. The Hall–Kier alpha value is -2.30. The minimum Gasteiger partial charge on any atom is -0.388 e. The Labute approximate surface area is 148 Å². The van der Waals surface area contributed by atoms with Crippen molar-refractivity contribution in [2.45, 2.75) is 45.6 Å². The summed E-state index contributed by atoms with van der Waals surface area (Å²) in [6.07, 6.45) is 6.99. The molecule has 2 heterocycles. The lowest BCUT2D eigenvalue weighted by Gasteiger charge is -2.23. The second kappa shape index (κ2) is 5.90. The molecule has 0 saturated heterocycles. The summed E-state index contributed by atoms with van der Waals surface area (Å²) in [5.74, 6) is 1.30. The average molecular weight is 338 g/mol. The molecule has 2 saturated carbocycles. The second-order valence-electron chi connectivity index (χ2n) is 7.59. The third kappa shape index (κ3) is 2.81. The zero-order chi connectivity index (χ0) is 17.7. The Morgan fingerprint density at radius 2 is 1.96 bits per heavy atom. The van der Waals surface area contributed by atoms with Crippen LogP contribution in [0, 0.1) is 25.7 Å². The van der Waals surface area contributed by atoms with Crippen molar-refractivity contribution in [1.29, 1.82) is 0 Å². The zero-order valence-electron chi connectivity index (χ0n) is 15.2. The van der Waals surface area contributed by atoms with Crippen LogP contribution in [0.1, 0.15) is 48.5 Å². The van der Waals surface area contributed by atoms with Crippen LogP contribution in [0.2, 0.25) is 0 Å². The number of H-pyrrole nitrogens is 1. The van der Waals surface area contributed by atoms with Gasteiger partial charge >= 0.3 is 0 Å². The van der Waals surface area contributed by atoms with Gasteiger partial charge in [0.05, 0.1) is 11.3 Å². The van der Waals surface area contributed by atoms with Gasteiger partial charge in [-0.25, -0.2) is 0 Å². The number of aromatic amines is 1. The molecule has 0 spiro atoms. The summed E-state index contributed by atoms with van der Waals surface area (Å²) in [7, 11) is 1.82. The van der Waals surface area contributed by atoms with Gasteiger partial charge in [0.2, 0.25) is 0 Å². The molecule has 2 fully saturated rings. The van der Waals surface area contributed by atoms with Crippen molar-refractivity contribution in [3.05, 3.63) is 46.0 Å². The van der Waals surface area contributed by atoms with E-state index >= 15 is 0 Å². The Bertz CT molecular complexity index is 872. The fourth-order valence-corrected chi connectivity index (χ4v) is 3.95. The molecule has 0 amide bonds. The van der Waals surface area contributed by atoms with E-state index < -0.39 is 0 Å². The van der Waals surface area contributed by atoms with Crippen molar-refractivity contribution in [1.82, 2.24) is 20.1 Å². The maximum absolute atomic E-state index is 13.3. The van der Waals surface area contributed by atoms with Crippen LogP contribution < -0.4 is 10.9 Å². The number of pyridine rings is 1. The number of aryl methyl sites for hydroxylation is 1. The van der Waals surface area contributed by atoms with E-state index in [-0.39, 0.29) is 5.56 Å². The minimum atomic E-state index is 0.0802. The topological polar surface area (TPSA) is 62.7 Å². The highest BCUT2D eigenvalue weighted by molar-refractivity contribution is 5.73. The van der Waals surface area contributed by atoms with Crippen LogP contribution in [0.5, 0.6) is 0 Å². The Morgan fingerprint density at radius 1 is 1.32 bits per heavy atom. The minimum absolute atomic E-state index is 0.0802. The zero-order valence-corrected chi connectivity index (χ0v) is 15.2. The van der Waals surface area contributed by atoms with Crippen LogP contribution in [-0.2, 0) is 0 Å². The molecule has 0 atom stereocenters. The van der Waals surface area contributed by atoms with Crippen LogP contribution in [0.25, 0.3) is 17.0 Å². The van der Waals surface area contributed by atoms with Gasteiger partial charge in [-0.05, 0) is 63.0 Å². The van der Waals surface area contributed by atoms with E-state index in [9.17, 15) is 4.79 Å². The molecule has 2 aliphatic carbocycles. The molecule has 2 aliphatic rings. The van der Waals surface area contributed by atoms with Gasteiger partial charge in [-0.3, -0.25) is 9.89 Å². The van der Waals surface area contributed by atoms with Gasteiger partial charge < -0.3 is 9.88 Å². The lowest BCUT2D eigenvalue weighted by Crippen LogP contribution is -2.31. The molecule has 0 bridgehead atoms. The summed E-state index contributed by atoms with van der Waals surface area (Å²) in [4.78, 5) is 13.3. The maximum atomic E-state index is 13.3. The average Bonchev–Trinajstić information content (AvgIpc) is 3.51. The van der Waals surface area contributed by atoms with Crippen molar-refractivity contribution in [2.24, 2.45) is 11.8 Å². The third-order valence-corrected chi connectivity index (χ3v) is 5.61. The normalized spacial score (nSPS) is 17.1. The fraction of sp³-hybridized carbons (Fsp3) is 0.500. The van der Waals surface area contributed by atoms with Crippen molar-refractivity contribution in [3.8, 4) is 11.3 Å². The molecule has 132 valence electrons. The maximum Gasteiger partial charge on any atom is 0.260 e. The van der Waals surface area contributed by atoms with Gasteiger partial charge in [-0.2, -0.15) is 5.10 Å². The van der Waals surface area contributed by atoms with Gasteiger partial charge in [0.25, 0.3) is 5.56 Å². The molecular weight excluding hydrogens is 312 g/mol. The lowest BCUT2D eigenvalue weighted by atomic mass is 9.98. The SMILES string of the molecule is C=C(NC)c1c(C)c(-c2cc(C)[nH]n2)cn(C(C2CC2)C2CC2)c1=O. The first kappa shape index (κ1) is 16.2. The van der Waals surface area contributed by atoms with Crippen molar-refractivity contribution < 1.29 is 0 Å². The number of nitrogens with one attached hydrogen (secondary N) is 2. The number of aromatic nitrogens is 3. The molecular formula is C20H26N4O. The highest BCUT2D eigenvalue weighted by Gasteiger charge is 2.43. The summed E-state index contributed by atoms with van der Waals surface area (Å²) in [5, 5.41) is 10.5. The monoisotopic (exact) mass is 338 g/mol. The number of nitrogens with zero attached hydrogens (tertiary/aromatic N) is 2. The smallest absolute Gasteiger partial charge is 0.260 e. The molecule has 2 N–H and O–H groups in total. The van der Waals surface area contributed by atoms with E-state index in [1.807, 2.05) is 37.7 Å². The Morgan fingerprint density at radius 3 is 2.44 bits per heavy atom. The van der Waals surface area contributed by atoms with E-state index in [1.54, 1.807) is 0 Å². The van der Waals surface area contributed by atoms with Crippen molar-refractivity contribution in [2.75, 3.05) is 7.05 Å². The molecule has 5 nitrogen and oxygen atoms in total. The summed E-state index contributed by atoms with van der Waals surface area (Å²) in [5.41, 5.74) is 5.31. The third-order valence-electron chi connectivity index (χ3n) is 5.61. The predicted octanol–water partition coefficient (Wildman–Crippen LogP) is 3.41. The van der Waals surface area contributed by atoms with Crippen molar-refractivity contribution >= 4 is 5.70 Å². The fourth-order valence-electron chi connectivity index (χ4n) is 3.95. The van der Waals surface area contributed by atoms with Crippen LogP contribution in [-0.4, -0.2) is 21.8 Å². The molecule has 4 rings (SSSR count). The predicted molar refractivity (Wildman–Crippen MR) is 100 cm³/mol. The first-order valence-corrected chi connectivity index (χ1v) is 9.16. The number of hydrogen-bond donors (Lipinski definition) is 2. The van der Waals surface area contributed by atoms with E-state index in [0.29, 0.717) is 29.1 Å². The summed E-state index contributed by atoms with van der Waals surface area (Å²) < 4.78 is 2.00. The molecule has 0 aliphatic heterocycles. The molecule has 0 aromatic carbocycles. The summed E-state index contributed by atoms with van der Waals surface area (Å²) in [6, 6.07) is 2.36. The van der Waals surface area contributed by atoms with E-state index in [2.05, 4.69) is 22.1 Å². The molecule has 2 aromatic rings. The van der Waals surface area contributed by atoms with Crippen LogP contribution in [0.3, 0.4) is 0 Å². The lowest BCUT2D eigenvalue weighted by molar-refractivity contribution is 0.384. The molecule has 0 unspecified atom stereocenters. The van der Waals surface area contributed by atoms with Crippen molar-refractivity contribution in [3.63, 3.8) is 0 Å². The van der Waals surface area contributed by atoms with Gasteiger partial charge in [-0.15, -0.1) is 0 Å². The van der Waals surface area contributed by atoms with Crippen LogP contribution in [0.4, 0.5) is 0 Å². The molecule has 0 radical (unpaired) electrons. The molecule has 5 heteroatoms. The second-order valence-corrected chi connectivity index (χ2v) is 7.59. The highest BCUT2D eigenvalue weighted by Crippen LogP contribution is 2.51. The standard InChI is InChI=1S/C20H26N4O/c1-11-9-17(23-22-11)16-10-24(19(14-5-6-14)15-7-8-15)20(25)18(12(16)2)13(3)21-4/h9-10,14-15,19,21H,3,5-8H2,1-2,4H3,(H,22,23). The number of hydrogen-bond acceptors (Lipinski definition) is 3. The van der Waals surface area contributed by atoms with Gasteiger partial charge in [0, 0.05) is 36.2 Å². The summed E-state index contributed by atoms with van der Waals surface area (Å²) in [6.45, 7) is 8.06. The van der Waals surface area contributed by atoms with Gasteiger partial charge in [0.15, 0.2) is 0 Å². The molecule has 2 aromatic heterocycles. The van der Waals surface area contributed by atoms with E-state index in [4.69, 9.17) is 0 Å². The highest BCUT2D eigenvalue weighted by atomic mass is 16.1. The van der Waals surface area contributed by atoms with E-state index in [0.717, 1.165) is 22.5 Å². The van der Waals surface area contributed by atoms with Gasteiger partial charge in [-0.1, -0.05) is 6.58 Å². The van der Waals surface area contributed by atoms with Gasteiger partial charge in [0.1, 0.15) is 0 Å². The van der Waals surface area contributed by atoms with Crippen LogP contribution >= 0.6 is 0 Å². The first-order valence-electron chi connectivity index (χ1n) is 9.16. The Kier molecular flexibility index (Phi) is 3.82. The largest absolute Gasteiger partial charge is 0.388 e. The Balaban J connectivity index is 1.94. The summed E-state index contributed by atoms with van der Waals surface area (Å²) >= 11 is 0. The quantitative estimate of drug-likeness (QED) is 0.848.